The average Bonchev–Trinajstić information content (AvgIpc) is 3.14. The van der Waals surface area contributed by atoms with Crippen LogP contribution in [0.15, 0.2) is 24.3 Å². The van der Waals surface area contributed by atoms with Crippen LogP contribution < -0.4 is 0 Å². The number of carbonyl (C=O) groups excluding carboxylic acids is 3. The molecule has 0 radical (unpaired) electrons. The number of rotatable bonds is 2. The highest BCUT2D eigenvalue weighted by Gasteiger charge is 2.82. The van der Waals surface area contributed by atoms with Crippen LogP contribution in [0, 0.1) is 16.7 Å². The van der Waals surface area contributed by atoms with Crippen LogP contribution in [-0.4, -0.2) is 23.5 Å². The Balaban J connectivity index is 2.09. The van der Waals surface area contributed by atoms with Gasteiger partial charge in [-0.25, -0.2) is 0 Å². The number of ketones is 1. The zero-order valence-electron chi connectivity index (χ0n) is 14.9. The monoisotopic (exact) mass is 364 g/mol. The lowest BCUT2D eigenvalue weighted by molar-refractivity contribution is -0.244. The molecule has 1 aromatic carbocycles. The molecule has 0 aromatic heterocycles. The molecule has 3 rings (SSSR count). The zero-order chi connectivity index (χ0) is 18.8. The van der Waals surface area contributed by atoms with Crippen molar-refractivity contribution in [1.82, 2.24) is 0 Å². The molecule has 2 fully saturated rings. The van der Waals surface area contributed by atoms with Gasteiger partial charge in [0.2, 0.25) is 0 Å². The summed E-state index contributed by atoms with van der Waals surface area (Å²) in [6, 6.07) is 6.80. The molecule has 25 heavy (non-hydrogen) atoms. The summed E-state index contributed by atoms with van der Waals surface area (Å²) in [5, 5.41) is 0.534. The average molecular weight is 365 g/mol. The largest absolute Gasteiger partial charge is 0.422 e. The van der Waals surface area contributed by atoms with Gasteiger partial charge in [0, 0.05) is 30.2 Å². The van der Waals surface area contributed by atoms with Crippen molar-refractivity contribution < 1.29 is 23.9 Å². The minimum atomic E-state index is -1.60. The number of hydrogen-bond acceptors (Lipinski definition) is 5. The van der Waals surface area contributed by atoms with Gasteiger partial charge < -0.3 is 9.47 Å². The van der Waals surface area contributed by atoms with Crippen LogP contribution in [0.5, 0.6) is 0 Å². The van der Waals surface area contributed by atoms with Crippen LogP contribution in [0.4, 0.5) is 0 Å². The number of benzene rings is 1. The molecule has 1 spiro atoms. The molecule has 1 aromatic rings. The number of halogens is 1. The Bertz CT molecular complexity index is 737. The number of esters is 2. The summed E-state index contributed by atoms with van der Waals surface area (Å²) in [7, 11) is 0. The molecular formula is C19H21ClO5. The first-order valence-electron chi connectivity index (χ1n) is 8.18. The molecule has 5 nitrogen and oxygen atoms in total. The molecule has 1 aliphatic carbocycles. The predicted octanol–water partition coefficient (Wildman–Crippen LogP) is 3.49. The fourth-order valence-corrected chi connectivity index (χ4v) is 3.69. The van der Waals surface area contributed by atoms with E-state index in [-0.39, 0.29) is 5.78 Å². The van der Waals surface area contributed by atoms with Gasteiger partial charge in [-0.2, -0.15) is 0 Å². The van der Waals surface area contributed by atoms with Crippen LogP contribution in [0.1, 0.15) is 46.1 Å². The fourth-order valence-electron chi connectivity index (χ4n) is 3.57. The van der Waals surface area contributed by atoms with Crippen LogP contribution in [-0.2, 0) is 23.9 Å². The first-order valence-corrected chi connectivity index (χ1v) is 8.56. The van der Waals surface area contributed by atoms with Gasteiger partial charge >= 0.3 is 11.9 Å². The van der Waals surface area contributed by atoms with Gasteiger partial charge in [0.15, 0.2) is 5.41 Å². The third-order valence-electron chi connectivity index (χ3n) is 4.81. The van der Waals surface area contributed by atoms with E-state index >= 15 is 0 Å². The lowest BCUT2D eigenvalue weighted by atomic mass is 9.85. The number of ether oxygens (including phenoxy) is 2. The minimum Gasteiger partial charge on any atom is -0.422 e. The standard InChI is InChI=1S/C19H21ClO5/c1-17(2,3)14(21)13-12(10-6-8-11(20)9-7-10)19(13)15(22)24-18(4,5)25-16(19)23/h6-9,12-13H,1-5H3. The van der Waals surface area contributed by atoms with Crippen molar-refractivity contribution in [3.63, 3.8) is 0 Å². The summed E-state index contributed by atoms with van der Waals surface area (Å²) < 4.78 is 10.7. The second-order valence-corrected chi connectivity index (χ2v) is 8.61. The molecule has 2 aliphatic rings. The van der Waals surface area contributed by atoms with E-state index in [1.54, 1.807) is 45.0 Å². The lowest BCUT2D eigenvalue weighted by Crippen LogP contribution is -2.49. The molecule has 1 aliphatic heterocycles. The third kappa shape index (κ3) is 2.65. The molecule has 134 valence electrons. The Kier molecular flexibility index (Phi) is 3.81. The van der Waals surface area contributed by atoms with Crippen LogP contribution >= 0.6 is 11.6 Å². The normalized spacial score (nSPS) is 26.8. The summed E-state index contributed by atoms with van der Waals surface area (Å²) in [5.74, 6) is -4.30. The van der Waals surface area contributed by atoms with Gasteiger partial charge in [0.1, 0.15) is 5.78 Å². The minimum absolute atomic E-state index is 0.166. The Morgan fingerprint density at radius 3 is 1.96 bits per heavy atom. The predicted molar refractivity (Wildman–Crippen MR) is 90.8 cm³/mol. The molecule has 1 saturated heterocycles. The SMILES string of the molecule is CC1(C)OC(=O)C2(C(=O)O1)C(C(=O)C(C)(C)C)C2c1ccc(Cl)cc1. The second-order valence-electron chi connectivity index (χ2n) is 8.17. The molecule has 6 heteroatoms. The van der Waals surface area contributed by atoms with Crippen molar-refractivity contribution in [3.8, 4) is 0 Å². The third-order valence-corrected chi connectivity index (χ3v) is 5.06. The first-order chi connectivity index (χ1) is 11.4. The molecule has 0 amide bonds. The summed E-state index contributed by atoms with van der Waals surface area (Å²) in [4.78, 5) is 38.6. The maximum Gasteiger partial charge on any atom is 0.328 e. The maximum atomic E-state index is 13.0. The van der Waals surface area contributed by atoms with E-state index in [1.165, 1.54) is 13.8 Å². The number of carbonyl (C=O) groups is 3. The fraction of sp³-hybridized carbons (Fsp3) is 0.526. The Morgan fingerprint density at radius 2 is 1.52 bits per heavy atom. The van der Waals surface area contributed by atoms with Crippen molar-refractivity contribution in [2.45, 2.75) is 46.3 Å². The zero-order valence-corrected chi connectivity index (χ0v) is 15.6. The van der Waals surface area contributed by atoms with Gasteiger partial charge in [0.25, 0.3) is 5.79 Å². The lowest BCUT2D eigenvalue weighted by Gasteiger charge is -2.34. The quantitative estimate of drug-likeness (QED) is 0.593. The van der Waals surface area contributed by atoms with Crippen molar-refractivity contribution >= 4 is 29.3 Å². The number of Topliss-reactive ketones (excluding diaryl/α,β-unsaturated/α-hetero) is 1. The topological polar surface area (TPSA) is 69.7 Å². The molecular weight excluding hydrogens is 344 g/mol. The maximum absolute atomic E-state index is 13.0. The van der Waals surface area contributed by atoms with E-state index in [2.05, 4.69) is 0 Å². The summed E-state index contributed by atoms with van der Waals surface area (Å²) in [6.07, 6.45) is 0. The summed E-state index contributed by atoms with van der Waals surface area (Å²) in [5.41, 5.74) is -1.61. The Labute approximate surface area is 151 Å². The summed E-state index contributed by atoms with van der Waals surface area (Å²) >= 11 is 5.93. The van der Waals surface area contributed by atoms with Crippen molar-refractivity contribution in [3.05, 3.63) is 34.9 Å². The van der Waals surface area contributed by atoms with Gasteiger partial charge in [-0.15, -0.1) is 0 Å². The Morgan fingerprint density at radius 1 is 1.04 bits per heavy atom. The highest BCUT2D eigenvalue weighted by Crippen LogP contribution is 2.69. The van der Waals surface area contributed by atoms with Crippen molar-refractivity contribution in [2.75, 3.05) is 0 Å². The molecule has 0 N–H and O–H groups in total. The smallest absolute Gasteiger partial charge is 0.328 e. The molecule has 1 heterocycles. The van der Waals surface area contributed by atoms with Crippen LogP contribution in [0.25, 0.3) is 0 Å². The number of hydrogen-bond donors (Lipinski definition) is 0. The van der Waals surface area contributed by atoms with E-state index in [0.29, 0.717) is 10.6 Å². The van der Waals surface area contributed by atoms with E-state index in [4.69, 9.17) is 21.1 Å². The van der Waals surface area contributed by atoms with E-state index in [9.17, 15) is 14.4 Å². The highest BCUT2D eigenvalue weighted by atomic mass is 35.5. The van der Waals surface area contributed by atoms with Crippen molar-refractivity contribution in [1.29, 1.82) is 0 Å². The molecule has 2 unspecified atom stereocenters. The van der Waals surface area contributed by atoms with Gasteiger partial charge in [-0.1, -0.05) is 44.5 Å². The molecule has 2 atom stereocenters. The molecule has 0 bridgehead atoms. The van der Waals surface area contributed by atoms with Gasteiger partial charge in [-0.05, 0) is 17.7 Å². The summed E-state index contributed by atoms with van der Waals surface area (Å²) in [6.45, 7) is 8.29. The number of cyclic esters (lactones) is 2. The second kappa shape index (κ2) is 5.31. The van der Waals surface area contributed by atoms with Crippen LogP contribution in [0.3, 0.4) is 0 Å². The van der Waals surface area contributed by atoms with E-state index in [0.717, 1.165) is 0 Å². The van der Waals surface area contributed by atoms with Crippen molar-refractivity contribution in [2.24, 2.45) is 16.7 Å². The van der Waals surface area contributed by atoms with E-state index < -0.39 is 40.4 Å². The highest BCUT2D eigenvalue weighted by molar-refractivity contribution is 6.30. The van der Waals surface area contributed by atoms with Gasteiger partial charge in [-0.3, -0.25) is 14.4 Å². The van der Waals surface area contributed by atoms with Crippen LogP contribution in [0.2, 0.25) is 5.02 Å². The van der Waals surface area contributed by atoms with Gasteiger partial charge in [0.05, 0.1) is 5.92 Å². The first kappa shape index (κ1) is 17.9. The Hall–Kier alpha value is -1.88. The molecule has 1 saturated carbocycles. The van der Waals surface area contributed by atoms with E-state index in [1.807, 2.05) is 0 Å².